The van der Waals surface area contributed by atoms with Gasteiger partial charge >= 0.3 is 0 Å². The van der Waals surface area contributed by atoms with Gasteiger partial charge in [-0.25, -0.2) is 4.98 Å². The minimum atomic E-state index is 0.552. The zero-order valence-corrected chi connectivity index (χ0v) is 12.3. The lowest BCUT2D eigenvalue weighted by Gasteiger charge is -2.12. The Morgan fingerprint density at radius 3 is 2.73 bits per heavy atom. The molecule has 0 aliphatic heterocycles. The van der Waals surface area contributed by atoms with Crippen LogP contribution in [0.5, 0.6) is 0 Å². The molecule has 1 saturated carbocycles. The molecule has 0 bridgehead atoms. The summed E-state index contributed by atoms with van der Waals surface area (Å²) in [4.78, 5) is 8.01. The van der Waals surface area contributed by atoms with Crippen molar-refractivity contribution in [2.75, 3.05) is 0 Å². The summed E-state index contributed by atoms with van der Waals surface area (Å²) in [6, 6.07) is 14.3. The summed E-state index contributed by atoms with van der Waals surface area (Å²) in [5.41, 5.74) is 5.10. The molecule has 1 aliphatic carbocycles. The van der Waals surface area contributed by atoms with Crippen molar-refractivity contribution in [2.24, 2.45) is 0 Å². The van der Waals surface area contributed by atoms with Gasteiger partial charge < -0.3 is 4.98 Å². The maximum atomic E-state index is 9.47. The predicted octanol–water partition coefficient (Wildman–Crippen LogP) is 4.76. The van der Waals surface area contributed by atoms with Crippen LogP contribution < -0.4 is 0 Å². The number of hydrogen-bond donors (Lipinski definition) is 1. The van der Waals surface area contributed by atoms with Crippen molar-refractivity contribution < 1.29 is 0 Å². The van der Waals surface area contributed by atoms with Gasteiger partial charge in [0.05, 0.1) is 11.6 Å². The van der Waals surface area contributed by atoms with Gasteiger partial charge in [0.25, 0.3) is 0 Å². The van der Waals surface area contributed by atoms with Gasteiger partial charge in [-0.1, -0.05) is 31.0 Å². The summed E-state index contributed by atoms with van der Waals surface area (Å²) >= 11 is 0. The summed E-state index contributed by atoms with van der Waals surface area (Å²) in [5, 5.41) is 10.6. The van der Waals surface area contributed by atoms with E-state index >= 15 is 0 Å². The van der Waals surface area contributed by atoms with Crippen LogP contribution >= 0.6 is 0 Å². The van der Waals surface area contributed by atoms with Gasteiger partial charge in [-0.05, 0) is 37.0 Å². The van der Waals surface area contributed by atoms with E-state index < -0.39 is 0 Å². The Kier molecular flexibility index (Phi) is 3.16. The van der Waals surface area contributed by atoms with Crippen LogP contribution in [0.2, 0.25) is 0 Å². The monoisotopic (exact) mass is 287 g/mol. The van der Waals surface area contributed by atoms with E-state index in [1.54, 1.807) is 0 Å². The summed E-state index contributed by atoms with van der Waals surface area (Å²) in [6.45, 7) is 0. The van der Waals surface area contributed by atoms with Crippen LogP contribution in [-0.2, 0) is 0 Å². The fraction of sp³-hybridized carbons (Fsp3) is 0.263. The number of nitriles is 1. The number of pyridine rings is 1. The number of nitrogens with zero attached hydrogens (tertiary/aromatic N) is 2. The minimum Gasteiger partial charge on any atom is -0.342 e. The number of fused-ring (bicyclic) bond motifs is 1. The molecule has 108 valence electrons. The second-order valence-corrected chi connectivity index (χ2v) is 5.95. The molecule has 0 amide bonds. The lowest BCUT2D eigenvalue weighted by Crippen LogP contribution is -1.96. The topological polar surface area (TPSA) is 52.5 Å². The van der Waals surface area contributed by atoms with E-state index in [0.717, 1.165) is 22.2 Å². The molecule has 0 saturated heterocycles. The number of benzene rings is 1. The second kappa shape index (κ2) is 5.31. The van der Waals surface area contributed by atoms with Gasteiger partial charge in [0.1, 0.15) is 5.65 Å². The average molecular weight is 287 g/mol. The van der Waals surface area contributed by atoms with Gasteiger partial charge in [-0.15, -0.1) is 0 Å². The highest BCUT2D eigenvalue weighted by atomic mass is 14.9. The fourth-order valence-electron chi connectivity index (χ4n) is 3.65. The first-order valence-corrected chi connectivity index (χ1v) is 7.84. The van der Waals surface area contributed by atoms with Gasteiger partial charge in [-0.2, -0.15) is 5.26 Å². The molecule has 0 atom stereocenters. The number of H-pyrrole nitrogens is 1. The highest BCUT2D eigenvalue weighted by Crippen LogP contribution is 2.42. The zero-order valence-electron chi connectivity index (χ0n) is 12.3. The van der Waals surface area contributed by atoms with Gasteiger partial charge in [0.15, 0.2) is 0 Å². The molecule has 2 aromatic heterocycles. The van der Waals surface area contributed by atoms with Crippen LogP contribution in [0.15, 0.2) is 42.6 Å². The lowest BCUT2D eigenvalue weighted by atomic mass is 9.92. The number of aromatic nitrogens is 2. The fourth-order valence-corrected chi connectivity index (χ4v) is 3.65. The first-order chi connectivity index (χ1) is 10.9. The number of rotatable bonds is 2. The summed E-state index contributed by atoms with van der Waals surface area (Å²) < 4.78 is 0. The quantitative estimate of drug-likeness (QED) is 0.738. The Morgan fingerprint density at radius 2 is 1.91 bits per heavy atom. The molecule has 1 fully saturated rings. The molecule has 3 heteroatoms. The van der Waals surface area contributed by atoms with Gasteiger partial charge in [0.2, 0.25) is 0 Å². The van der Waals surface area contributed by atoms with Gasteiger partial charge in [0, 0.05) is 28.4 Å². The molecule has 1 aromatic carbocycles. The maximum Gasteiger partial charge on any atom is 0.138 e. The van der Waals surface area contributed by atoms with Crippen LogP contribution in [0.25, 0.3) is 22.2 Å². The van der Waals surface area contributed by atoms with Crippen LogP contribution in [-0.4, -0.2) is 9.97 Å². The SMILES string of the molecule is N#Cc1ccccc1-c1c(C2CCCC2)[nH]c2ncccc12. The Labute approximate surface area is 129 Å². The second-order valence-electron chi connectivity index (χ2n) is 5.95. The first-order valence-electron chi connectivity index (χ1n) is 7.84. The van der Waals surface area contributed by atoms with E-state index in [4.69, 9.17) is 0 Å². The molecular formula is C19H17N3. The highest BCUT2D eigenvalue weighted by Gasteiger charge is 2.25. The smallest absolute Gasteiger partial charge is 0.138 e. The van der Waals surface area contributed by atoms with Crippen LogP contribution in [0, 0.1) is 11.3 Å². The molecule has 0 unspecified atom stereocenters. The van der Waals surface area contributed by atoms with Gasteiger partial charge in [-0.3, -0.25) is 0 Å². The summed E-state index contributed by atoms with van der Waals surface area (Å²) in [7, 11) is 0. The van der Waals surface area contributed by atoms with Crippen molar-refractivity contribution in [3.63, 3.8) is 0 Å². The Hall–Kier alpha value is -2.60. The Bertz CT molecular complexity index is 864. The van der Waals surface area contributed by atoms with E-state index in [0.29, 0.717) is 5.92 Å². The van der Waals surface area contributed by atoms with E-state index in [9.17, 15) is 5.26 Å². The number of nitrogens with one attached hydrogen (secondary N) is 1. The first kappa shape index (κ1) is 13.1. The van der Waals surface area contributed by atoms with Crippen molar-refractivity contribution >= 4 is 11.0 Å². The van der Waals surface area contributed by atoms with E-state index in [1.807, 2.05) is 36.5 Å². The minimum absolute atomic E-state index is 0.552. The van der Waals surface area contributed by atoms with E-state index in [1.165, 1.54) is 36.9 Å². The molecule has 3 aromatic rings. The molecule has 1 aliphatic rings. The van der Waals surface area contributed by atoms with E-state index in [-0.39, 0.29) is 0 Å². The zero-order chi connectivity index (χ0) is 14.9. The molecule has 0 radical (unpaired) electrons. The average Bonchev–Trinajstić information content (AvgIpc) is 3.22. The summed E-state index contributed by atoms with van der Waals surface area (Å²) in [6.07, 6.45) is 6.82. The van der Waals surface area contributed by atoms with Crippen LogP contribution in [0.3, 0.4) is 0 Å². The van der Waals surface area contributed by atoms with Crippen molar-refractivity contribution in [1.29, 1.82) is 5.26 Å². The van der Waals surface area contributed by atoms with Crippen LogP contribution in [0.1, 0.15) is 42.9 Å². The maximum absolute atomic E-state index is 9.47. The molecule has 4 rings (SSSR count). The molecule has 1 N–H and O–H groups in total. The van der Waals surface area contributed by atoms with Crippen molar-refractivity contribution in [3.05, 3.63) is 53.9 Å². The molecule has 22 heavy (non-hydrogen) atoms. The van der Waals surface area contributed by atoms with E-state index in [2.05, 4.69) is 22.1 Å². The summed E-state index contributed by atoms with van der Waals surface area (Å²) in [5.74, 6) is 0.552. The third-order valence-corrected chi connectivity index (χ3v) is 4.68. The largest absolute Gasteiger partial charge is 0.342 e. The molecule has 0 spiro atoms. The molecular weight excluding hydrogens is 270 g/mol. The van der Waals surface area contributed by atoms with Crippen LogP contribution in [0.4, 0.5) is 0 Å². The number of hydrogen-bond acceptors (Lipinski definition) is 2. The third kappa shape index (κ3) is 2.00. The standard InChI is InChI=1S/C19H17N3/c20-12-14-8-3-4-9-15(14)17-16-10-5-11-21-19(16)22-18(17)13-6-1-2-7-13/h3-5,8-11,13H,1-2,6-7H2,(H,21,22). The normalized spacial score (nSPS) is 15.2. The molecule has 3 nitrogen and oxygen atoms in total. The molecule has 2 heterocycles. The highest BCUT2D eigenvalue weighted by molar-refractivity contribution is 5.97. The van der Waals surface area contributed by atoms with Crippen molar-refractivity contribution in [2.45, 2.75) is 31.6 Å². The third-order valence-electron chi connectivity index (χ3n) is 4.68. The lowest BCUT2D eigenvalue weighted by molar-refractivity contribution is 0.706. The Balaban J connectivity index is 2.02. The van der Waals surface area contributed by atoms with Crippen molar-refractivity contribution in [1.82, 2.24) is 9.97 Å². The number of aromatic amines is 1. The predicted molar refractivity (Wildman–Crippen MR) is 87.5 cm³/mol. The van der Waals surface area contributed by atoms with Crippen molar-refractivity contribution in [3.8, 4) is 17.2 Å². The Morgan fingerprint density at radius 1 is 1.09 bits per heavy atom.